The summed E-state index contributed by atoms with van der Waals surface area (Å²) in [6.07, 6.45) is 2.46. The van der Waals surface area contributed by atoms with Gasteiger partial charge in [0.25, 0.3) is 5.91 Å². The van der Waals surface area contributed by atoms with Crippen LogP contribution in [0, 0.1) is 0 Å². The first-order valence-corrected chi connectivity index (χ1v) is 11.0. The maximum absolute atomic E-state index is 13.1. The van der Waals surface area contributed by atoms with Gasteiger partial charge in [-0.2, -0.15) is 0 Å². The molecule has 3 aromatic rings. The van der Waals surface area contributed by atoms with E-state index in [0.717, 1.165) is 29.0 Å². The van der Waals surface area contributed by atoms with Gasteiger partial charge in [0.15, 0.2) is 5.78 Å². The number of carbonyl (C=O) groups is 2. The first-order valence-electron chi connectivity index (χ1n) is 11.0. The van der Waals surface area contributed by atoms with E-state index in [1.54, 1.807) is 68.8 Å². The number of anilines is 1. The summed E-state index contributed by atoms with van der Waals surface area (Å²) in [5, 5.41) is 6.32. The van der Waals surface area contributed by atoms with E-state index in [4.69, 9.17) is 9.47 Å². The molecule has 0 saturated carbocycles. The summed E-state index contributed by atoms with van der Waals surface area (Å²) in [6.45, 7) is 4.21. The third-order valence-electron chi connectivity index (χ3n) is 5.77. The summed E-state index contributed by atoms with van der Waals surface area (Å²) in [5.41, 5.74) is 4.33. The monoisotopic (exact) mass is 456 g/mol. The molecule has 1 aliphatic rings. The second kappa shape index (κ2) is 9.43. The fourth-order valence-corrected chi connectivity index (χ4v) is 4.03. The number of benzene rings is 3. The number of hydrogen-bond acceptors (Lipinski definition) is 5. The molecule has 6 nitrogen and oxygen atoms in total. The Labute approximate surface area is 199 Å². The largest absolute Gasteiger partial charge is 0.497 e. The highest BCUT2D eigenvalue weighted by atomic mass is 16.5. The molecule has 4 rings (SSSR count). The molecule has 0 fully saturated rings. The molecule has 0 aromatic heterocycles. The predicted molar refractivity (Wildman–Crippen MR) is 134 cm³/mol. The smallest absolute Gasteiger partial charge is 0.255 e. The first-order chi connectivity index (χ1) is 16.3. The van der Waals surface area contributed by atoms with Crippen LogP contribution in [0.4, 0.5) is 5.69 Å². The summed E-state index contributed by atoms with van der Waals surface area (Å²) >= 11 is 0. The van der Waals surface area contributed by atoms with Gasteiger partial charge in [-0.1, -0.05) is 18.2 Å². The Balaban J connectivity index is 1.53. The number of hydrogen-bond donors (Lipinski definition) is 2. The summed E-state index contributed by atoms with van der Waals surface area (Å²) in [6, 6.07) is 19.7. The van der Waals surface area contributed by atoms with Crippen molar-refractivity contribution in [3.8, 4) is 11.5 Å². The van der Waals surface area contributed by atoms with Crippen molar-refractivity contribution in [2.24, 2.45) is 0 Å². The van der Waals surface area contributed by atoms with Crippen LogP contribution in [0.5, 0.6) is 11.5 Å². The number of ketones is 1. The molecule has 0 aliphatic carbocycles. The number of carbonyl (C=O) groups excluding carboxylic acids is 2. The van der Waals surface area contributed by atoms with Crippen LogP contribution in [-0.2, 0) is 6.42 Å². The van der Waals surface area contributed by atoms with E-state index in [2.05, 4.69) is 24.5 Å². The Morgan fingerprint density at radius 2 is 1.50 bits per heavy atom. The van der Waals surface area contributed by atoms with E-state index in [-0.39, 0.29) is 17.2 Å². The lowest BCUT2D eigenvalue weighted by Crippen LogP contribution is -2.43. The molecule has 174 valence electrons. The minimum Gasteiger partial charge on any atom is -0.497 e. The quantitative estimate of drug-likeness (QED) is 0.398. The standard InChI is InChI=1S/C28H28N2O4/c1-28(2)17-20-9-12-23(34-4)15-24(20)25(30-28)16-26(31)18-5-7-19(8-6-18)27(32)29-21-10-13-22(33-3)14-11-21/h5-16,30H,17H2,1-4H3,(H,29,32)/b25-16-. The van der Waals surface area contributed by atoms with Crippen molar-refractivity contribution in [2.45, 2.75) is 25.8 Å². The number of amides is 1. The molecular weight excluding hydrogens is 428 g/mol. The Morgan fingerprint density at radius 3 is 2.15 bits per heavy atom. The Kier molecular flexibility index (Phi) is 6.41. The van der Waals surface area contributed by atoms with Crippen molar-refractivity contribution in [1.82, 2.24) is 5.32 Å². The lowest BCUT2D eigenvalue weighted by atomic mass is 9.85. The summed E-state index contributed by atoms with van der Waals surface area (Å²) in [5.74, 6) is 1.06. The van der Waals surface area contributed by atoms with Crippen molar-refractivity contribution in [3.05, 3.63) is 95.1 Å². The van der Waals surface area contributed by atoms with Crippen molar-refractivity contribution >= 4 is 23.1 Å². The second-order valence-corrected chi connectivity index (χ2v) is 8.89. The van der Waals surface area contributed by atoms with Gasteiger partial charge in [0.05, 0.1) is 14.2 Å². The lowest BCUT2D eigenvalue weighted by Gasteiger charge is -2.35. The molecule has 6 heteroatoms. The van der Waals surface area contributed by atoms with Gasteiger partial charge in [0, 0.05) is 39.7 Å². The van der Waals surface area contributed by atoms with Gasteiger partial charge in [0.2, 0.25) is 0 Å². The fourth-order valence-electron chi connectivity index (χ4n) is 4.03. The van der Waals surface area contributed by atoms with E-state index in [9.17, 15) is 9.59 Å². The van der Waals surface area contributed by atoms with E-state index >= 15 is 0 Å². The molecule has 0 spiro atoms. The SMILES string of the molecule is COc1ccc(NC(=O)c2ccc(C(=O)/C=C3\NC(C)(C)Cc4ccc(OC)cc43)cc2)cc1. The molecule has 0 saturated heterocycles. The van der Waals surface area contributed by atoms with Crippen molar-refractivity contribution in [1.29, 1.82) is 0 Å². The zero-order valence-electron chi connectivity index (χ0n) is 19.8. The molecular formula is C28H28N2O4. The molecule has 1 heterocycles. The Morgan fingerprint density at radius 1 is 0.882 bits per heavy atom. The Hall–Kier alpha value is -4.06. The Bertz CT molecular complexity index is 1240. The topological polar surface area (TPSA) is 76.7 Å². The normalized spacial score (nSPS) is 15.1. The fraction of sp³-hybridized carbons (Fsp3) is 0.214. The van der Waals surface area contributed by atoms with Gasteiger partial charge in [0.1, 0.15) is 11.5 Å². The summed E-state index contributed by atoms with van der Waals surface area (Å²) < 4.78 is 10.5. The van der Waals surface area contributed by atoms with Crippen LogP contribution in [0.2, 0.25) is 0 Å². The van der Waals surface area contributed by atoms with Crippen LogP contribution in [0.1, 0.15) is 45.7 Å². The second-order valence-electron chi connectivity index (χ2n) is 8.89. The number of rotatable bonds is 6. The maximum atomic E-state index is 13.1. The minimum absolute atomic E-state index is 0.143. The number of allylic oxidation sites excluding steroid dienone is 1. The molecule has 0 unspecified atom stereocenters. The van der Waals surface area contributed by atoms with Crippen molar-refractivity contribution < 1.29 is 19.1 Å². The van der Waals surface area contributed by atoms with E-state index in [1.165, 1.54) is 0 Å². The third kappa shape index (κ3) is 5.12. The highest BCUT2D eigenvalue weighted by molar-refractivity contribution is 6.10. The van der Waals surface area contributed by atoms with Gasteiger partial charge < -0.3 is 20.1 Å². The highest BCUT2D eigenvalue weighted by Gasteiger charge is 2.28. The number of nitrogens with one attached hydrogen (secondary N) is 2. The van der Waals surface area contributed by atoms with Crippen LogP contribution in [0.25, 0.3) is 5.70 Å². The molecule has 2 N–H and O–H groups in total. The molecule has 0 bridgehead atoms. The summed E-state index contributed by atoms with van der Waals surface area (Å²) in [4.78, 5) is 25.6. The van der Waals surface area contributed by atoms with Crippen LogP contribution >= 0.6 is 0 Å². The molecule has 3 aromatic carbocycles. The summed E-state index contributed by atoms with van der Waals surface area (Å²) in [7, 11) is 3.22. The van der Waals surface area contributed by atoms with Crippen molar-refractivity contribution in [2.75, 3.05) is 19.5 Å². The molecule has 1 aliphatic heterocycles. The van der Waals surface area contributed by atoms with Gasteiger partial charge in [-0.3, -0.25) is 9.59 Å². The zero-order valence-corrected chi connectivity index (χ0v) is 19.8. The molecule has 1 amide bonds. The van der Waals surface area contributed by atoms with Gasteiger partial charge >= 0.3 is 0 Å². The maximum Gasteiger partial charge on any atom is 0.255 e. The first kappa shape index (κ1) is 23.1. The number of fused-ring (bicyclic) bond motifs is 1. The average molecular weight is 457 g/mol. The highest BCUT2D eigenvalue weighted by Crippen LogP contribution is 2.32. The predicted octanol–water partition coefficient (Wildman–Crippen LogP) is 5.10. The van der Waals surface area contributed by atoms with E-state index < -0.39 is 0 Å². The minimum atomic E-state index is -0.251. The third-order valence-corrected chi connectivity index (χ3v) is 5.77. The van der Waals surface area contributed by atoms with Crippen molar-refractivity contribution in [3.63, 3.8) is 0 Å². The number of methoxy groups -OCH3 is 2. The zero-order chi connectivity index (χ0) is 24.3. The molecule has 0 atom stereocenters. The lowest BCUT2D eigenvalue weighted by molar-refractivity contribution is 0.102. The van der Waals surface area contributed by atoms with Gasteiger partial charge in [-0.15, -0.1) is 0 Å². The average Bonchev–Trinajstić information content (AvgIpc) is 2.83. The molecule has 34 heavy (non-hydrogen) atoms. The van der Waals surface area contributed by atoms with Gasteiger partial charge in [-0.25, -0.2) is 0 Å². The van der Waals surface area contributed by atoms with E-state index in [1.807, 2.05) is 18.2 Å². The van der Waals surface area contributed by atoms with Crippen LogP contribution in [-0.4, -0.2) is 31.4 Å². The van der Waals surface area contributed by atoms with Crippen LogP contribution < -0.4 is 20.1 Å². The van der Waals surface area contributed by atoms with Crippen LogP contribution in [0.15, 0.2) is 72.8 Å². The molecule has 0 radical (unpaired) electrons. The van der Waals surface area contributed by atoms with Crippen LogP contribution in [0.3, 0.4) is 0 Å². The number of ether oxygens (including phenoxy) is 2. The van der Waals surface area contributed by atoms with E-state index in [0.29, 0.717) is 22.6 Å². The van der Waals surface area contributed by atoms with Gasteiger partial charge in [-0.05, 0) is 74.4 Å².